The van der Waals surface area contributed by atoms with E-state index >= 15 is 0 Å². The molecule has 0 spiro atoms. The van der Waals surface area contributed by atoms with Crippen LogP contribution in [0.15, 0.2) is 28.7 Å². The maximum atomic E-state index is 12.3. The fourth-order valence-electron chi connectivity index (χ4n) is 2.22. The topological polar surface area (TPSA) is 121 Å². The van der Waals surface area contributed by atoms with Gasteiger partial charge in [-0.1, -0.05) is 18.2 Å². The summed E-state index contributed by atoms with van der Waals surface area (Å²) in [5.41, 5.74) is 7.64. The molecule has 1 aromatic heterocycles. The number of hydrazine groups is 2. The summed E-state index contributed by atoms with van der Waals surface area (Å²) in [4.78, 5) is 46.3. The summed E-state index contributed by atoms with van der Waals surface area (Å²) in [5, 5.41) is 1.70. The van der Waals surface area contributed by atoms with Crippen molar-refractivity contribution >= 4 is 34.6 Å². The quantitative estimate of drug-likeness (QED) is 0.703. The van der Waals surface area contributed by atoms with Gasteiger partial charge in [0.1, 0.15) is 5.58 Å². The molecule has 9 heteroatoms. The molecule has 0 saturated carbocycles. The van der Waals surface area contributed by atoms with Gasteiger partial charge in [-0.25, -0.2) is 5.01 Å². The van der Waals surface area contributed by atoms with Gasteiger partial charge in [0.15, 0.2) is 5.76 Å². The van der Waals surface area contributed by atoms with Crippen LogP contribution in [0.25, 0.3) is 11.0 Å². The molecule has 1 heterocycles. The fraction of sp³-hybridized carbons (Fsp3) is 0.250. The van der Waals surface area contributed by atoms with Gasteiger partial charge in [0.05, 0.1) is 6.54 Å². The molecule has 0 bridgehead atoms. The second-order valence-corrected chi connectivity index (χ2v) is 5.31. The summed E-state index contributed by atoms with van der Waals surface area (Å²) >= 11 is 0. The third-order valence-electron chi connectivity index (χ3n) is 3.25. The van der Waals surface area contributed by atoms with Gasteiger partial charge in [-0.3, -0.25) is 35.5 Å². The number of amides is 4. The molecule has 0 unspecified atom stereocenters. The fourth-order valence-corrected chi connectivity index (χ4v) is 2.22. The summed E-state index contributed by atoms with van der Waals surface area (Å²) < 4.78 is 5.56. The first-order valence-electron chi connectivity index (χ1n) is 7.42. The van der Waals surface area contributed by atoms with Gasteiger partial charge in [-0.15, -0.1) is 0 Å². The minimum absolute atomic E-state index is 0.0634. The highest BCUT2D eigenvalue weighted by Crippen LogP contribution is 2.27. The van der Waals surface area contributed by atoms with E-state index in [-0.39, 0.29) is 12.3 Å². The number of rotatable bonds is 3. The summed E-state index contributed by atoms with van der Waals surface area (Å²) in [5.74, 6) is -2.02. The van der Waals surface area contributed by atoms with Crippen LogP contribution in [0.2, 0.25) is 0 Å². The van der Waals surface area contributed by atoms with Gasteiger partial charge in [-0.05, 0) is 6.07 Å². The summed E-state index contributed by atoms with van der Waals surface area (Å²) in [6.45, 7) is 3.73. The third-order valence-corrected chi connectivity index (χ3v) is 3.25. The zero-order chi connectivity index (χ0) is 18.6. The van der Waals surface area contributed by atoms with Crippen LogP contribution in [-0.4, -0.2) is 28.6 Å². The number of para-hydroxylation sites is 1. The first-order valence-corrected chi connectivity index (χ1v) is 7.42. The zero-order valence-corrected chi connectivity index (χ0v) is 14.0. The highest BCUT2D eigenvalue weighted by atomic mass is 16.3. The Balaban J connectivity index is 2.43. The smallest absolute Gasteiger partial charge is 0.305 e. The van der Waals surface area contributed by atoms with Gasteiger partial charge in [0, 0.05) is 31.7 Å². The van der Waals surface area contributed by atoms with Crippen molar-refractivity contribution in [2.24, 2.45) is 0 Å². The van der Waals surface area contributed by atoms with Crippen molar-refractivity contribution in [3.63, 3.8) is 0 Å². The van der Waals surface area contributed by atoms with Gasteiger partial charge < -0.3 is 4.42 Å². The van der Waals surface area contributed by atoms with Crippen molar-refractivity contribution in [1.29, 1.82) is 0 Å². The Hall–Kier alpha value is -3.36. The molecule has 0 atom stereocenters. The predicted molar refractivity (Wildman–Crippen MR) is 87.5 cm³/mol. The predicted octanol–water partition coefficient (Wildman–Crippen LogP) is 0.613. The largest absolute Gasteiger partial charge is 0.450 e. The van der Waals surface area contributed by atoms with E-state index in [2.05, 4.69) is 16.3 Å². The lowest BCUT2D eigenvalue weighted by atomic mass is 10.1. The number of nitrogens with zero attached hydrogens (tertiary/aromatic N) is 1. The van der Waals surface area contributed by atoms with E-state index in [4.69, 9.17) is 4.42 Å². The summed E-state index contributed by atoms with van der Waals surface area (Å²) in [7, 11) is 0. The summed E-state index contributed by atoms with van der Waals surface area (Å²) in [6.07, 6.45) is 0. The molecule has 0 saturated heterocycles. The highest BCUT2D eigenvalue weighted by Gasteiger charge is 2.24. The molecule has 4 amide bonds. The zero-order valence-electron chi connectivity index (χ0n) is 14.0. The number of hydrogen-bond donors (Lipinski definition) is 3. The normalized spacial score (nSPS) is 10.2. The van der Waals surface area contributed by atoms with E-state index in [1.165, 1.54) is 20.8 Å². The molecule has 2 aromatic rings. The number of benzene rings is 1. The van der Waals surface area contributed by atoms with E-state index in [1.807, 2.05) is 0 Å². The number of nitrogens with one attached hydrogen (secondary N) is 3. The molecule has 0 aliphatic rings. The van der Waals surface area contributed by atoms with Gasteiger partial charge in [0.2, 0.25) is 17.7 Å². The Morgan fingerprint density at radius 2 is 1.68 bits per heavy atom. The average Bonchev–Trinajstić information content (AvgIpc) is 2.90. The molecule has 1 aromatic carbocycles. The first kappa shape index (κ1) is 18.0. The van der Waals surface area contributed by atoms with Gasteiger partial charge >= 0.3 is 5.91 Å². The average molecular weight is 346 g/mol. The third kappa shape index (κ3) is 4.34. The van der Waals surface area contributed by atoms with Gasteiger partial charge in [-0.2, -0.15) is 0 Å². The Bertz CT molecular complexity index is 842. The van der Waals surface area contributed by atoms with Crippen LogP contribution in [-0.2, 0) is 20.9 Å². The van der Waals surface area contributed by atoms with Crippen molar-refractivity contribution in [1.82, 2.24) is 21.3 Å². The molecule has 9 nitrogen and oxygen atoms in total. The Labute approximate surface area is 143 Å². The molecule has 2 rings (SSSR count). The van der Waals surface area contributed by atoms with Crippen LogP contribution in [0.4, 0.5) is 0 Å². The lowest BCUT2D eigenvalue weighted by Gasteiger charge is -2.21. The molecular formula is C16H18N4O5. The van der Waals surface area contributed by atoms with Crippen LogP contribution in [0, 0.1) is 0 Å². The number of furan rings is 1. The van der Waals surface area contributed by atoms with Crippen LogP contribution >= 0.6 is 0 Å². The van der Waals surface area contributed by atoms with E-state index < -0.39 is 23.6 Å². The second-order valence-electron chi connectivity index (χ2n) is 5.31. The molecule has 132 valence electrons. The van der Waals surface area contributed by atoms with Crippen molar-refractivity contribution in [3.8, 4) is 0 Å². The molecule has 0 aliphatic heterocycles. The maximum absolute atomic E-state index is 12.3. The van der Waals surface area contributed by atoms with Gasteiger partial charge in [0.25, 0.3) is 0 Å². The minimum Gasteiger partial charge on any atom is -0.450 e. The molecule has 0 radical (unpaired) electrons. The molecular weight excluding hydrogens is 328 g/mol. The number of hydrogen-bond acceptors (Lipinski definition) is 5. The second kappa shape index (κ2) is 7.47. The SMILES string of the molecule is CC(=O)NNC(=O)c1oc2ccccc2c1CN(NC(C)=O)C(C)=O. The Morgan fingerprint density at radius 3 is 2.28 bits per heavy atom. The Kier molecular flexibility index (Phi) is 5.38. The van der Waals surface area contributed by atoms with Crippen LogP contribution in [0.5, 0.6) is 0 Å². The summed E-state index contributed by atoms with van der Waals surface area (Å²) in [6, 6.07) is 6.90. The van der Waals surface area contributed by atoms with Crippen LogP contribution in [0.3, 0.4) is 0 Å². The standard InChI is InChI=1S/C16H18N4O5/c1-9(21)17-18-16(24)15-13(8-20(11(3)23)19-10(2)22)12-6-4-5-7-14(12)25-15/h4-7H,8H2,1-3H3,(H,17,21)(H,18,24)(H,19,22). The van der Waals surface area contributed by atoms with E-state index in [9.17, 15) is 19.2 Å². The van der Waals surface area contributed by atoms with E-state index in [1.54, 1.807) is 24.3 Å². The number of fused-ring (bicyclic) bond motifs is 1. The molecule has 3 N–H and O–H groups in total. The number of carbonyl (C=O) groups is 4. The Morgan fingerprint density at radius 1 is 1.00 bits per heavy atom. The van der Waals surface area contributed by atoms with Crippen molar-refractivity contribution in [3.05, 3.63) is 35.6 Å². The van der Waals surface area contributed by atoms with E-state index in [0.29, 0.717) is 16.5 Å². The number of carbonyl (C=O) groups excluding carboxylic acids is 4. The highest BCUT2D eigenvalue weighted by molar-refractivity contribution is 5.99. The van der Waals surface area contributed by atoms with Crippen LogP contribution < -0.4 is 16.3 Å². The minimum atomic E-state index is -0.673. The first-order chi connectivity index (χ1) is 11.8. The van der Waals surface area contributed by atoms with Crippen molar-refractivity contribution < 1.29 is 23.6 Å². The molecule has 0 aliphatic carbocycles. The van der Waals surface area contributed by atoms with Crippen LogP contribution in [0.1, 0.15) is 36.9 Å². The lowest BCUT2D eigenvalue weighted by molar-refractivity contribution is -0.139. The monoisotopic (exact) mass is 346 g/mol. The van der Waals surface area contributed by atoms with Crippen molar-refractivity contribution in [2.75, 3.05) is 0 Å². The van der Waals surface area contributed by atoms with Crippen molar-refractivity contribution in [2.45, 2.75) is 27.3 Å². The molecule has 0 fully saturated rings. The maximum Gasteiger partial charge on any atom is 0.305 e. The van der Waals surface area contributed by atoms with E-state index in [0.717, 1.165) is 5.01 Å². The lowest BCUT2D eigenvalue weighted by Crippen LogP contribution is -2.44. The molecule has 25 heavy (non-hydrogen) atoms.